The lowest BCUT2D eigenvalue weighted by Crippen LogP contribution is -2.46. The van der Waals surface area contributed by atoms with Crippen molar-refractivity contribution in [3.63, 3.8) is 0 Å². The molecule has 5 nitrogen and oxygen atoms in total. The van der Waals surface area contributed by atoms with Crippen LogP contribution in [0.2, 0.25) is 0 Å². The van der Waals surface area contributed by atoms with E-state index in [-0.39, 0.29) is 5.92 Å². The van der Waals surface area contributed by atoms with Crippen molar-refractivity contribution in [3.8, 4) is 0 Å². The smallest absolute Gasteiger partial charge is 0.134 e. The number of halogens is 1. The van der Waals surface area contributed by atoms with Gasteiger partial charge in [0.2, 0.25) is 0 Å². The molecule has 2 rings (SSSR count). The molecule has 0 amide bonds. The Hall–Kier alpha value is -0.720. The highest BCUT2D eigenvalue weighted by Gasteiger charge is 2.31. The van der Waals surface area contributed by atoms with Gasteiger partial charge >= 0.3 is 0 Å². The van der Waals surface area contributed by atoms with E-state index in [2.05, 4.69) is 39.7 Å². The molecule has 1 fully saturated rings. The van der Waals surface area contributed by atoms with E-state index in [9.17, 15) is 5.11 Å². The Bertz CT molecular complexity index is 462. The second kappa shape index (κ2) is 6.37. The van der Waals surface area contributed by atoms with Gasteiger partial charge in [0.1, 0.15) is 16.2 Å². The number of nitrogens with zero attached hydrogens (tertiary/aromatic N) is 3. The maximum absolute atomic E-state index is 10.6. The highest BCUT2D eigenvalue weighted by molar-refractivity contribution is 9.10. The summed E-state index contributed by atoms with van der Waals surface area (Å²) in [6.45, 7) is 5.93. The third-order valence-electron chi connectivity index (χ3n) is 3.56. The molecule has 1 aromatic heterocycles. The number of ether oxygens (including phenoxy) is 1. The molecule has 0 spiro atoms. The van der Waals surface area contributed by atoms with Crippen LogP contribution in [0.25, 0.3) is 0 Å². The topological polar surface area (TPSA) is 58.5 Å². The monoisotopic (exact) mass is 343 g/mol. The second-order valence-corrected chi connectivity index (χ2v) is 6.57. The Morgan fingerprint density at radius 1 is 1.40 bits per heavy atom. The number of likely N-dealkylation sites (N-methyl/N-ethyl adjacent to an activating group) is 1. The Balaban J connectivity index is 2.14. The second-order valence-electron chi connectivity index (χ2n) is 5.75. The van der Waals surface area contributed by atoms with E-state index < -0.39 is 5.60 Å². The highest BCUT2D eigenvalue weighted by atomic mass is 79.9. The zero-order valence-corrected chi connectivity index (χ0v) is 13.9. The summed E-state index contributed by atoms with van der Waals surface area (Å²) in [6, 6.07) is 1.88. The summed E-state index contributed by atoms with van der Waals surface area (Å²) in [5.41, 5.74) is -0.692. The summed E-state index contributed by atoms with van der Waals surface area (Å²) < 4.78 is 6.09. The van der Waals surface area contributed by atoms with Crippen molar-refractivity contribution in [1.82, 2.24) is 9.97 Å². The molecule has 1 aliphatic heterocycles. The van der Waals surface area contributed by atoms with Crippen molar-refractivity contribution in [2.45, 2.75) is 38.2 Å². The van der Waals surface area contributed by atoms with Crippen LogP contribution in [-0.4, -0.2) is 47.5 Å². The quantitative estimate of drug-likeness (QED) is 0.850. The molecule has 2 heterocycles. The lowest BCUT2D eigenvalue weighted by atomic mass is 9.94. The molecular formula is C14H22BrN3O2. The van der Waals surface area contributed by atoms with Gasteiger partial charge in [-0.25, -0.2) is 9.97 Å². The van der Waals surface area contributed by atoms with Crippen molar-refractivity contribution < 1.29 is 9.84 Å². The van der Waals surface area contributed by atoms with Crippen LogP contribution in [0.5, 0.6) is 0 Å². The maximum atomic E-state index is 10.6. The van der Waals surface area contributed by atoms with Gasteiger partial charge in [-0.2, -0.15) is 0 Å². The Labute approximate surface area is 128 Å². The molecule has 0 bridgehead atoms. The SMILES string of the molecule is CC(C)c1nc(Br)cc(N(C)CC2(O)CCOCC2)n1. The molecule has 1 aromatic rings. The van der Waals surface area contributed by atoms with E-state index >= 15 is 0 Å². The summed E-state index contributed by atoms with van der Waals surface area (Å²) >= 11 is 3.43. The van der Waals surface area contributed by atoms with Gasteiger partial charge in [0.25, 0.3) is 0 Å². The van der Waals surface area contributed by atoms with E-state index in [1.54, 1.807) is 0 Å². The first-order valence-corrected chi connectivity index (χ1v) is 7.75. The molecule has 0 saturated carbocycles. The Kier molecular flexibility index (Phi) is 4.99. The minimum atomic E-state index is -0.692. The first-order chi connectivity index (χ1) is 9.39. The molecule has 0 radical (unpaired) electrons. The molecule has 1 aliphatic rings. The summed E-state index contributed by atoms with van der Waals surface area (Å²) in [6.07, 6.45) is 1.33. The van der Waals surface area contributed by atoms with Gasteiger partial charge in [-0.15, -0.1) is 0 Å². The fourth-order valence-electron chi connectivity index (χ4n) is 2.31. The van der Waals surface area contributed by atoms with Gasteiger partial charge in [-0.05, 0) is 15.9 Å². The van der Waals surface area contributed by atoms with E-state index in [0.717, 1.165) is 16.2 Å². The van der Waals surface area contributed by atoms with Crippen LogP contribution in [0.15, 0.2) is 10.7 Å². The molecule has 0 aliphatic carbocycles. The first kappa shape index (κ1) is 15.7. The number of anilines is 1. The zero-order valence-electron chi connectivity index (χ0n) is 12.3. The molecule has 112 valence electrons. The molecule has 20 heavy (non-hydrogen) atoms. The van der Waals surface area contributed by atoms with Crippen LogP contribution in [-0.2, 0) is 4.74 Å². The predicted octanol–water partition coefficient (Wildman–Crippen LogP) is 2.34. The minimum Gasteiger partial charge on any atom is -0.388 e. The fourth-order valence-corrected chi connectivity index (χ4v) is 2.69. The van der Waals surface area contributed by atoms with Gasteiger partial charge in [0.15, 0.2) is 0 Å². The van der Waals surface area contributed by atoms with Crippen molar-refractivity contribution >= 4 is 21.7 Å². The van der Waals surface area contributed by atoms with Crippen LogP contribution in [0.1, 0.15) is 38.4 Å². The lowest BCUT2D eigenvalue weighted by Gasteiger charge is -2.35. The van der Waals surface area contributed by atoms with Crippen LogP contribution < -0.4 is 4.90 Å². The highest BCUT2D eigenvalue weighted by Crippen LogP contribution is 2.25. The van der Waals surface area contributed by atoms with Gasteiger partial charge in [-0.3, -0.25) is 0 Å². The van der Waals surface area contributed by atoms with Gasteiger partial charge in [0, 0.05) is 51.6 Å². The first-order valence-electron chi connectivity index (χ1n) is 6.95. The third-order valence-corrected chi connectivity index (χ3v) is 3.97. The molecule has 0 atom stereocenters. The predicted molar refractivity (Wildman–Crippen MR) is 82.1 cm³/mol. The lowest BCUT2D eigenvalue weighted by molar-refractivity contribution is -0.0573. The number of hydrogen-bond acceptors (Lipinski definition) is 5. The number of hydrogen-bond donors (Lipinski definition) is 1. The maximum Gasteiger partial charge on any atom is 0.134 e. The Morgan fingerprint density at radius 3 is 2.65 bits per heavy atom. The van der Waals surface area contributed by atoms with Gasteiger partial charge in [-0.1, -0.05) is 13.8 Å². The molecule has 1 saturated heterocycles. The van der Waals surface area contributed by atoms with Crippen LogP contribution in [0.4, 0.5) is 5.82 Å². The van der Waals surface area contributed by atoms with E-state index in [1.165, 1.54) is 0 Å². The largest absolute Gasteiger partial charge is 0.388 e. The summed E-state index contributed by atoms with van der Waals surface area (Å²) in [5, 5.41) is 10.6. The van der Waals surface area contributed by atoms with E-state index in [0.29, 0.717) is 32.6 Å². The number of aliphatic hydroxyl groups is 1. The van der Waals surface area contributed by atoms with Gasteiger partial charge < -0.3 is 14.7 Å². The van der Waals surface area contributed by atoms with Crippen molar-refractivity contribution in [2.75, 3.05) is 31.7 Å². The number of rotatable bonds is 4. The molecule has 0 unspecified atom stereocenters. The number of aromatic nitrogens is 2. The normalized spacial score (nSPS) is 18.3. The summed E-state index contributed by atoms with van der Waals surface area (Å²) in [4.78, 5) is 10.9. The molecule has 0 aromatic carbocycles. The summed E-state index contributed by atoms with van der Waals surface area (Å²) in [7, 11) is 1.95. The summed E-state index contributed by atoms with van der Waals surface area (Å²) in [5.74, 6) is 1.90. The van der Waals surface area contributed by atoms with Crippen LogP contribution in [0.3, 0.4) is 0 Å². The molecular weight excluding hydrogens is 322 g/mol. The van der Waals surface area contributed by atoms with E-state index in [1.807, 2.05) is 18.0 Å². The van der Waals surface area contributed by atoms with Crippen molar-refractivity contribution in [2.24, 2.45) is 0 Å². The zero-order chi connectivity index (χ0) is 14.8. The Morgan fingerprint density at radius 2 is 2.05 bits per heavy atom. The van der Waals surface area contributed by atoms with E-state index in [4.69, 9.17) is 4.74 Å². The van der Waals surface area contributed by atoms with Gasteiger partial charge in [0.05, 0.1) is 5.60 Å². The average molecular weight is 344 g/mol. The van der Waals surface area contributed by atoms with Crippen LogP contribution >= 0.6 is 15.9 Å². The molecule has 1 N–H and O–H groups in total. The van der Waals surface area contributed by atoms with Crippen LogP contribution in [0, 0.1) is 0 Å². The fraction of sp³-hybridized carbons (Fsp3) is 0.714. The third kappa shape index (κ3) is 3.90. The standard InChI is InChI=1S/C14H22BrN3O2/c1-10(2)13-16-11(15)8-12(17-13)18(3)9-14(19)4-6-20-7-5-14/h8,10,19H,4-7,9H2,1-3H3. The average Bonchev–Trinajstić information content (AvgIpc) is 2.38. The van der Waals surface area contributed by atoms with Crippen molar-refractivity contribution in [3.05, 3.63) is 16.5 Å². The molecule has 6 heteroatoms. The minimum absolute atomic E-state index is 0.269. The van der Waals surface area contributed by atoms with Crippen molar-refractivity contribution in [1.29, 1.82) is 0 Å².